The molecule has 66 valence electrons. The fraction of sp³-hybridized carbons (Fsp3) is 0.125. The van der Waals surface area contributed by atoms with Gasteiger partial charge >= 0.3 is 0 Å². The van der Waals surface area contributed by atoms with Crippen LogP contribution >= 0.6 is 11.6 Å². The van der Waals surface area contributed by atoms with Crippen molar-refractivity contribution in [2.45, 2.75) is 5.92 Å². The molecule has 0 aliphatic carbocycles. The molecule has 4 nitrogen and oxygen atoms in total. The molecule has 0 fully saturated rings. The maximum Gasteiger partial charge on any atom is 0.151 e. The van der Waals surface area contributed by atoms with Crippen molar-refractivity contribution in [3.8, 4) is 0 Å². The molecule has 1 aliphatic rings. The Labute approximate surface area is 80.0 Å². The molecule has 0 bridgehead atoms. The maximum atomic E-state index is 5.67. The monoisotopic (exact) mass is 194 g/mol. The predicted octanol–water partition coefficient (Wildman–Crippen LogP) is 1.69. The molecule has 0 aromatic carbocycles. The molecule has 0 amide bonds. The van der Waals surface area contributed by atoms with Crippen LogP contribution in [0.2, 0.25) is 0 Å². The van der Waals surface area contributed by atoms with E-state index in [9.17, 15) is 0 Å². The molecule has 13 heavy (non-hydrogen) atoms. The Morgan fingerprint density at radius 1 is 1.46 bits per heavy atom. The van der Waals surface area contributed by atoms with Crippen molar-refractivity contribution in [2.75, 3.05) is 0 Å². The van der Waals surface area contributed by atoms with Crippen LogP contribution < -0.4 is 0 Å². The summed E-state index contributed by atoms with van der Waals surface area (Å²) in [5.74, 6) is 0.0961. The number of hydrogen-bond acceptors (Lipinski definition) is 3. The first-order chi connectivity index (χ1) is 6.36. The van der Waals surface area contributed by atoms with Gasteiger partial charge in [0.25, 0.3) is 0 Å². The van der Waals surface area contributed by atoms with Gasteiger partial charge in [0.05, 0.1) is 6.20 Å². The Morgan fingerprint density at radius 3 is 3.15 bits per heavy atom. The summed E-state index contributed by atoms with van der Waals surface area (Å²) in [6.45, 7) is 0. The van der Waals surface area contributed by atoms with Crippen molar-refractivity contribution in [3.05, 3.63) is 30.1 Å². The average Bonchev–Trinajstić information content (AvgIpc) is 2.56. The van der Waals surface area contributed by atoms with Gasteiger partial charge in [-0.3, -0.25) is 5.10 Å². The predicted molar refractivity (Wildman–Crippen MR) is 52.2 cm³/mol. The zero-order valence-electron chi connectivity index (χ0n) is 6.68. The molecule has 1 aliphatic heterocycles. The van der Waals surface area contributed by atoms with E-state index in [0.29, 0.717) is 5.17 Å². The van der Waals surface area contributed by atoms with Crippen molar-refractivity contribution in [3.63, 3.8) is 0 Å². The van der Waals surface area contributed by atoms with Gasteiger partial charge in [0, 0.05) is 23.9 Å². The molecule has 2 heterocycles. The number of aromatic amines is 1. The van der Waals surface area contributed by atoms with Gasteiger partial charge in [-0.1, -0.05) is 17.7 Å². The second-order valence-corrected chi connectivity index (χ2v) is 2.99. The Balaban J connectivity index is 2.25. The molecular formula is C8H7ClN4. The van der Waals surface area contributed by atoms with Crippen molar-refractivity contribution < 1.29 is 0 Å². The fourth-order valence-electron chi connectivity index (χ4n) is 1.07. The second-order valence-electron chi connectivity index (χ2n) is 2.60. The molecule has 1 atom stereocenters. The van der Waals surface area contributed by atoms with Crippen LogP contribution in [0.25, 0.3) is 0 Å². The molecule has 1 aromatic heterocycles. The van der Waals surface area contributed by atoms with Crippen LogP contribution in [0, 0.1) is 0 Å². The van der Waals surface area contributed by atoms with Gasteiger partial charge in [-0.2, -0.15) is 10.2 Å². The molecule has 2 rings (SSSR count). The van der Waals surface area contributed by atoms with E-state index >= 15 is 0 Å². The lowest BCUT2D eigenvalue weighted by Crippen LogP contribution is -1.93. The minimum Gasteiger partial charge on any atom is -0.285 e. The smallest absolute Gasteiger partial charge is 0.151 e. The highest BCUT2D eigenvalue weighted by Gasteiger charge is 2.07. The SMILES string of the molecule is ClC1=NN=CC(c2cn[nH]c2)C=C1. The van der Waals surface area contributed by atoms with Crippen molar-refractivity contribution in [1.29, 1.82) is 0 Å². The van der Waals surface area contributed by atoms with Gasteiger partial charge in [-0.25, -0.2) is 0 Å². The van der Waals surface area contributed by atoms with Gasteiger partial charge in [-0.15, -0.1) is 5.10 Å². The summed E-state index contributed by atoms with van der Waals surface area (Å²) in [5, 5.41) is 14.5. The van der Waals surface area contributed by atoms with Crippen molar-refractivity contribution in [2.24, 2.45) is 10.2 Å². The lowest BCUT2D eigenvalue weighted by atomic mass is 10.0. The molecule has 0 radical (unpaired) electrons. The summed E-state index contributed by atoms with van der Waals surface area (Å²) in [6.07, 6.45) is 8.94. The van der Waals surface area contributed by atoms with Crippen LogP contribution in [-0.2, 0) is 0 Å². The molecule has 1 N–H and O–H groups in total. The fourth-order valence-corrected chi connectivity index (χ4v) is 1.18. The zero-order chi connectivity index (χ0) is 9.10. The third kappa shape index (κ3) is 1.84. The topological polar surface area (TPSA) is 53.4 Å². The van der Waals surface area contributed by atoms with E-state index in [1.807, 2.05) is 12.3 Å². The summed E-state index contributed by atoms with van der Waals surface area (Å²) in [7, 11) is 0. The maximum absolute atomic E-state index is 5.67. The van der Waals surface area contributed by atoms with Gasteiger partial charge in [0.15, 0.2) is 5.17 Å². The van der Waals surface area contributed by atoms with E-state index in [1.165, 1.54) is 0 Å². The molecule has 0 spiro atoms. The summed E-state index contributed by atoms with van der Waals surface area (Å²) < 4.78 is 0. The Hall–Kier alpha value is -1.42. The summed E-state index contributed by atoms with van der Waals surface area (Å²) >= 11 is 5.67. The number of nitrogens with one attached hydrogen (secondary N) is 1. The van der Waals surface area contributed by atoms with Crippen LogP contribution in [0.1, 0.15) is 11.5 Å². The molecule has 0 saturated heterocycles. The Morgan fingerprint density at radius 2 is 2.38 bits per heavy atom. The third-order valence-corrected chi connectivity index (χ3v) is 1.93. The first-order valence-corrected chi connectivity index (χ1v) is 4.17. The lowest BCUT2D eigenvalue weighted by molar-refractivity contribution is 1.09. The summed E-state index contributed by atoms with van der Waals surface area (Å²) in [6, 6.07) is 0. The number of hydrogen-bond donors (Lipinski definition) is 1. The minimum atomic E-state index is 0.0961. The first kappa shape index (κ1) is 8.19. The van der Waals surface area contributed by atoms with Crippen molar-refractivity contribution >= 4 is 23.0 Å². The second kappa shape index (κ2) is 3.53. The molecular weight excluding hydrogens is 188 g/mol. The molecule has 1 unspecified atom stereocenters. The number of allylic oxidation sites excluding steroid dienone is 2. The van der Waals surface area contributed by atoms with Gasteiger partial charge in [0.2, 0.25) is 0 Å². The normalized spacial score (nSPS) is 21.3. The highest BCUT2D eigenvalue weighted by Crippen LogP contribution is 2.15. The van der Waals surface area contributed by atoms with E-state index in [1.54, 1.807) is 18.5 Å². The number of nitrogens with zero attached hydrogens (tertiary/aromatic N) is 3. The lowest BCUT2D eigenvalue weighted by Gasteiger charge is -1.99. The molecule has 5 heteroatoms. The van der Waals surface area contributed by atoms with E-state index < -0.39 is 0 Å². The standard InChI is InChI=1S/C8H7ClN4/c9-8-2-1-6(3-12-13-8)7-4-10-11-5-7/h1-6H,(H,10,11). The number of rotatable bonds is 1. The van der Waals surface area contributed by atoms with Crippen LogP contribution in [0.3, 0.4) is 0 Å². The third-order valence-electron chi connectivity index (χ3n) is 1.73. The van der Waals surface area contributed by atoms with Gasteiger partial charge in [-0.05, 0) is 6.08 Å². The number of aromatic nitrogens is 2. The van der Waals surface area contributed by atoms with Gasteiger partial charge in [0.1, 0.15) is 0 Å². The van der Waals surface area contributed by atoms with E-state index in [-0.39, 0.29) is 5.92 Å². The van der Waals surface area contributed by atoms with Crippen LogP contribution in [0.4, 0.5) is 0 Å². The quantitative estimate of drug-likeness (QED) is 0.727. The molecule has 0 saturated carbocycles. The highest BCUT2D eigenvalue weighted by molar-refractivity contribution is 6.68. The van der Waals surface area contributed by atoms with Gasteiger partial charge < -0.3 is 0 Å². The number of H-pyrrole nitrogens is 1. The first-order valence-electron chi connectivity index (χ1n) is 3.80. The minimum absolute atomic E-state index is 0.0961. The highest BCUT2D eigenvalue weighted by atomic mass is 35.5. The van der Waals surface area contributed by atoms with Crippen molar-refractivity contribution in [1.82, 2.24) is 10.2 Å². The van der Waals surface area contributed by atoms with Crippen LogP contribution in [-0.4, -0.2) is 21.6 Å². The van der Waals surface area contributed by atoms with Crippen LogP contribution in [0.15, 0.2) is 34.7 Å². The molecule has 1 aromatic rings. The zero-order valence-corrected chi connectivity index (χ0v) is 7.44. The van der Waals surface area contributed by atoms with Crippen LogP contribution in [0.5, 0.6) is 0 Å². The van der Waals surface area contributed by atoms with E-state index in [2.05, 4.69) is 20.4 Å². The average molecular weight is 195 g/mol. The Bertz CT molecular complexity index is 364. The largest absolute Gasteiger partial charge is 0.285 e. The van der Waals surface area contributed by atoms with E-state index in [4.69, 9.17) is 11.6 Å². The Kier molecular flexibility index (Phi) is 2.23. The summed E-state index contributed by atoms with van der Waals surface area (Å²) in [4.78, 5) is 0. The number of halogens is 1. The summed E-state index contributed by atoms with van der Waals surface area (Å²) in [5.41, 5.74) is 1.04. The van der Waals surface area contributed by atoms with E-state index in [0.717, 1.165) is 5.56 Å².